The van der Waals surface area contributed by atoms with E-state index in [0.717, 1.165) is 14.8 Å². The summed E-state index contributed by atoms with van der Waals surface area (Å²) in [5, 5.41) is 13.0. The highest BCUT2D eigenvalue weighted by molar-refractivity contribution is 14.1. The average Bonchev–Trinajstić information content (AvgIpc) is 2.39. The number of hydrogen-bond donors (Lipinski definition) is 2. The second-order valence-electron chi connectivity index (χ2n) is 3.97. The molecule has 0 amide bonds. The lowest BCUT2D eigenvalue weighted by molar-refractivity contribution is 0.406. The molecular weight excluding hydrogens is 360 g/mol. The molecule has 3 nitrogen and oxygen atoms in total. The van der Waals surface area contributed by atoms with Crippen LogP contribution in [-0.4, -0.2) is 12.2 Å². The fourth-order valence-electron chi connectivity index (χ4n) is 1.64. The van der Waals surface area contributed by atoms with E-state index in [2.05, 4.69) is 27.9 Å². The fourth-order valence-corrected chi connectivity index (χ4v) is 2.31. The molecule has 0 aliphatic carbocycles. The quantitative estimate of drug-likeness (QED) is 0.803. The normalized spacial score (nSPS) is 10.3. The van der Waals surface area contributed by atoms with Gasteiger partial charge in [0.1, 0.15) is 17.3 Å². The number of phenols is 1. The smallest absolute Gasteiger partial charge is 0.124 e. The molecule has 5 heteroatoms. The van der Waals surface area contributed by atoms with Crippen molar-refractivity contribution in [2.24, 2.45) is 0 Å². The van der Waals surface area contributed by atoms with Crippen LogP contribution in [0.2, 0.25) is 0 Å². The van der Waals surface area contributed by atoms with Crippen molar-refractivity contribution in [2.45, 2.75) is 6.54 Å². The number of benzene rings is 2. The molecule has 0 bridgehead atoms. The molecule has 0 radical (unpaired) electrons. The number of anilines is 1. The Hall–Kier alpha value is -1.50. The third-order valence-corrected chi connectivity index (χ3v) is 3.59. The number of rotatable bonds is 4. The lowest BCUT2D eigenvalue weighted by Gasteiger charge is -2.11. The van der Waals surface area contributed by atoms with E-state index in [1.807, 2.05) is 0 Å². The average molecular weight is 373 g/mol. The van der Waals surface area contributed by atoms with Crippen LogP contribution in [0.3, 0.4) is 0 Å². The Morgan fingerprint density at radius 3 is 2.68 bits per heavy atom. The zero-order valence-electron chi connectivity index (χ0n) is 10.3. The molecule has 0 spiro atoms. The Morgan fingerprint density at radius 1 is 1.26 bits per heavy atom. The van der Waals surface area contributed by atoms with Crippen molar-refractivity contribution >= 4 is 28.3 Å². The zero-order valence-corrected chi connectivity index (χ0v) is 12.4. The Bertz CT molecular complexity index is 590. The SMILES string of the molecule is COc1ccc(CNc2ccc(F)cc2I)c(O)c1. The molecule has 2 rings (SSSR count). The molecule has 0 aliphatic heterocycles. The Kier molecular flexibility index (Phi) is 4.47. The molecule has 0 heterocycles. The van der Waals surface area contributed by atoms with E-state index in [1.165, 1.54) is 12.1 Å². The van der Waals surface area contributed by atoms with Gasteiger partial charge in [0.15, 0.2) is 0 Å². The Balaban J connectivity index is 2.10. The van der Waals surface area contributed by atoms with E-state index in [9.17, 15) is 9.50 Å². The van der Waals surface area contributed by atoms with Crippen LogP contribution in [0.5, 0.6) is 11.5 Å². The standard InChI is InChI=1S/C14H13FINO2/c1-19-11-4-2-9(14(18)7-11)8-17-13-5-3-10(15)6-12(13)16/h2-7,17-18H,8H2,1H3. The molecule has 2 N–H and O–H groups in total. The summed E-state index contributed by atoms with van der Waals surface area (Å²) in [6, 6.07) is 9.67. The number of methoxy groups -OCH3 is 1. The predicted octanol–water partition coefficient (Wildman–Crippen LogP) is 3.76. The first-order chi connectivity index (χ1) is 9.10. The summed E-state index contributed by atoms with van der Waals surface area (Å²) in [4.78, 5) is 0. The Labute approximate surface area is 124 Å². The maximum Gasteiger partial charge on any atom is 0.124 e. The molecule has 0 aliphatic rings. The van der Waals surface area contributed by atoms with Crippen LogP contribution in [0.15, 0.2) is 36.4 Å². The van der Waals surface area contributed by atoms with Crippen molar-refractivity contribution < 1.29 is 14.2 Å². The van der Waals surface area contributed by atoms with E-state index in [-0.39, 0.29) is 11.6 Å². The van der Waals surface area contributed by atoms with E-state index in [0.29, 0.717) is 12.3 Å². The second-order valence-corrected chi connectivity index (χ2v) is 5.13. The number of nitrogens with one attached hydrogen (secondary N) is 1. The van der Waals surface area contributed by atoms with Crippen molar-refractivity contribution in [1.29, 1.82) is 0 Å². The first-order valence-electron chi connectivity index (χ1n) is 5.65. The van der Waals surface area contributed by atoms with Crippen molar-refractivity contribution in [2.75, 3.05) is 12.4 Å². The van der Waals surface area contributed by atoms with Gasteiger partial charge in [0.05, 0.1) is 7.11 Å². The highest BCUT2D eigenvalue weighted by Crippen LogP contribution is 2.25. The van der Waals surface area contributed by atoms with Crippen LogP contribution in [-0.2, 0) is 6.54 Å². The van der Waals surface area contributed by atoms with Gasteiger partial charge in [-0.05, 0) is 52.9 Å². The summed E-state index contributed by atoms with van der Waals surface area (Å²) >= 11 is 2.06. The maximum atomic E-state index is 13.0. The molecular formula is C14H13FINO2. The van der Waals surface area contributed by atoms with Crippen molar-refractivity contribution in [3.05, 3.63) is 51.3 Å². The van der Waals surface area contributed by atoms with Crippen LogP contribution < -0.4 is 10.1 Å². The van der Waals surface area contributed by atoms with Gasteiger partial charge in [-0.15, -0.1) is 0 Å². The van der Waals surface area contributed by atoms with Gasteiger partial charge in [-0.2, -0.15) is 0 Å². The van der Waals surface area contributed by atoms with Gasteiger partial charge >= 0.3 is 0 Å². The summed E-state index contributed by atoms with van der Waals surface area (Å²) in [6.07, 6.45) is 0. The number of hydrogen-bond acceptors (Lipinski definition) is 3. The van der Waals surface area contributed by atoms with Gasteiger partial charge in [-0.1, -0.05) is 0 Å². The summed E-state index contributed by atoms with van der Waals surface area (Å²) < 4.78 is 18.8. The lowest BCUT2D eigenvalue weighted by Crippen LogP contribution is -2.01. The third kappa shape index (κ3) is 3.50. The molecule has 0 unspecified atom stereocenters. The zero-order chi connectivity index (χ0) is 13.8. The topological polar surface area (TPSA) is 41.5 Å². The van der Waals surface area contributed by atoms with Crippen LogP contribution in [0.1, 0.15) is 5.56 Å². The number of halogens is 2. The van der Waals surface area contributed by atoms with Crippen molar-refractivity contribution in [3.63, 3.8) is 0 Å². The van der Waals surface area contributed by atoms with Crippen LogP contribution in [0.4, 0.5) is 10.1 Å². The molecule has 0 fully saturated rings. The molecule has 2 aromatic rings. The van der Waals surface area contributed by atoms with Crippen molar-refractivity contribution in [1.82, 2.24) is 0 Å². The minimum Gasteiger partial charge on any atom is -0.507 e. The minimum absolute atomic E-state index is 0.170. The van der Waals surface area contributed by atoms with Gasteiger partial charge in [-0.3, -0.25) is 0 Å². The van der Waals surface area contributed by atoms with E-state index < -0.39 is 0 Å². The third-order valence-electron chi connectivity index (χ3n) is 2.69. The number of ether oxygens (including phenoxy) is 1. The van der Waals surface area contributed by atoms with E-state index in [4.69, 9.17) is 4.74 Å². The summed E-state index contributed by atoms with van der Waals surface area (Å²) in [5.74, 6) is 0.517. The highest BCUT2D eigenvalue weighted by Gasteiger charge is 2.05. The lowest BCUT2D eigenvalue weighted by atomic mass is 10.2. The van der Waals surface area contributed by atoms with E-state index in [1.54, 1.807) is 31.4 Å². The van der Waals surface area contributed by atoms with Gasteiger partial charge in [-0.25, -0.2) is 4.39 Å². The number of aromatic hydroxyl groups is 1. The molecule has 19 heavy (non-hydrogen) atoms. The fraction of sp³-hybridized carbons (Fsp3) is 0.143. The highest BCUT2D eigenvalue weighted by atomic mass is 127. The second kappa shape index (κ2) is 6.10. The summed E-state index contributed by atoms with van der Waals surface area (Å²) in [7, 11) is 1.55. The minimum atomic E-state index is -0.262. The first-order valence-corrected chi connectivity index (χ1v) is 6.73. The predicted molar refractivity (Wildman–Crippen MR) is 81.1 cm³/mol. The molecule has 0 aromatic heterocycles. The molecule has 0 atom stereocenters. The first kappa shape index (κ1) is 13.9. The molecule has 0 saturated carbocycles. The van der Waals surface area contributed by atoms with Gasteiger partial charge in [0.25, 0.3) is 0 Å². The number of phenolic OH excluding ortho intramolecular Hbond substituents is 1. The van der Waals surface area contributed by atoms with Crippen LogP contribution in [0, 0.1) is 9.39 Å². The van der Waals surface area contributed by atoms with Crippen molar-refractivity contribution in [3.8, 4) is 11.5 Å². The van der Waals surface area contributed by atoms with E-state index >= 15 is 0 Å². The molecule has 0 saturated heterocycles. The van der Waals surface area contributed by atoms with Gasteiger partial charge < -0.3 is 15.2 Å². The Morgan fingerprint density at radius 2 is 2.05 bits per heavy atom. The van der Waals surface area contributed by atoms with Crippen LogP contribution in [0.25, 0.3) is 0 Å². The summed E-state index contributed by atoms with van der Waals surface area (Å²) in [5.41, 5.74) is 1.58. The molecule has 100 valence electrons. The monoisotopic (exact) mass is 373 g/mol. The molecule has 2 aromatic carbocycles. The largest absolute Gasteiger partial charge is 0.507 e. The van der Waals surface area contributed by atoms with Gasteiger partial charge in [0, 0.05) is 27.4 Å². The summed E-state index contributed by atoms with van der Waals surface area (Å²) in [6.45, 7) is 0.456. The van der Waals surface area contributed by atoms with Crippen LogP contribution >= 0.6 is 22.6 Å². The maximum absolute atomic E-state index is 13.0. The van der Waals surface area contributed by atoms with Gasteiger partial charge in [0.2, 0.25) is 0 Å².